The molecule has 136 valence electrons. The number of benzene rings is 2. The summed E-state index contributed by atoms with van der Waals surface area (Å²) in [6, 6.07) is 15.9. The molecule has 1 amide bonds. The minimum absolute atomic E-state index is 0.00578. The highest BCUT2D eigenvalue weighted by atomic mass is 16.3. The third kappa shape index (κ3) is 4.21. The van der Waals surface area contributed by atoms with Gasteiger partial charge in [-0.25, -0.2) is 4.98 Å². The first kappa shape index (κ1) is 17.9. The van der Waals surface area contributed by atoms with E-state index in [1.54, 1.807) is 0 Å². The van der Waals surface area contributed by atoms with Crippen LogP contribution in [0.2, 0.25) is 0 Å². The molecule has 0 saturated carbocycles. The molecule has 0 spiro atoms. The van der Waals surface area contributed by atoms with Gasteiger partial charge in [0.1, 0.15) is 6.54 Å². The predicted molar refractivity (Wildman–Crippen MR) is 103 cm³/mol. The second-order valence-corrected chi connectivity index (χ2v) is 6.19. The summed E-state index contributed by atoms with van der Waals surface area (Å²) in [5.41, 5.74) is 4.19. The van der Waals surface area contributed by atoms with E-state index in [1.165, 1.54) is 11.1 Å². The Bertz CT molecular complexity index is 888. The zero-order valence-electron chi connectivity index (χ0n) is 14.9. The van der Waals surface area contributed by atoms with Gasteiger partial charge in [-0.3, -0.25) is 4.79 Å². The number of rotatable bonds is 8. The van der Waals surface area contributed by atoms with Crippen LogP contribution in [0.25, 0.3) is 11.0 Å². The van der Waals surface area contributed by atoms with Crippen LogP contribution in [0, 0.1) is 6.92 Å². The molecule has 2 aromatic carbocycles. The van der Waals surface area contributed by atoms with Gasteiger partial charge in [0, 0.05) is 13.1 Å². The van der Waals surface area contributed by atoms with E-state index in [1.807, 2.05) is 41.0 Å². The number of aliphatic hydroxyl groups excluding tert-OH is 1. The molecule has 0 fully saturated rings. The van der Waals surface area contributed by atoms with Crippen molar-refractivity contribution in [1.29, 1.82) is 0 Å². The number of carbonyl (C=O) groups is 1. The highest BCUT2D eigenvalue weighted by Gasteiger charge is 2.13. The average molecular weight is 352 g/mol. The van der Waals surface area contributed by atoms with Gasteiger partial charge in [0.05, 0.1) is 17.6 Å². The van der Waals surface area contributed by atoms with E-state index >= 15 is 0 Å². The standard InChI is InChI=1S/C20H24N4O2/c1-15-6-2-3-7-16(15)10-11-21-19(26)14-24-18-9-5-4-8-17(18)23-20(24)22-12-13-25/h2-9,25H,10-14H2,1H3,(H,21,26)(H,22,23). The lowest BCUT2D eigenvalue weighted by molar-refractivity contribution is -0.121. The van der Waals surface area contributed by atoms with E-state index in [9.17, 15) is 4.79 Å². The van der Waals surface area contributed by atoms with Gasteiger partial charge in [0.15, 0.2) is 0 Å². The molecule has 0 aliphatic rings. The largest absolute Gasteiger partial charge is 0.395 e. The van der Waals surface area contributed by atoms with Gasteiger partial charge in [0.2, 0.25) is 11.9 Å². The van der Waals surface area contributed by atoms with Gasteiger partial charge in [-0.1, -0.05) is 36.4 Å². The van der Waals surface area contributed by atoms with Gasteiger partial charge in [-0.2, -0.15) is 0 Å². The van der Waals surface area contributed by atoms with Gasteiger partial charge in [-0.15, -0.1) is 0 Å². The number of aromatic nitrogens is 2. The molecule has 1 heterocycles. The lowest BCUT2D eigenvalue weighted by Gasteiger charge is -2.11. The molecule has 3 aromatic rings. The molecule has 0 aliphatic carbocycles. The lowest BCUT2D eigenvalue weighted by Crippen LogP contribution is -2.30. The van der Waals surface area contributed by atoms with Crippen LogP contribution < -0.4 is 10.6 Å². The molecule has 0 radical (unpaired) electrons. The maximum Gasteiger partial charge on any atom is 0.240 e. The van der Waals surface area contributed by atoms with Crippen molar-refractivity contribution in [3.8, 4) is 0 Å². The molecular formula is C20H24N4O2. The van der Waals surface area contributed by atoms with Crippen molar-refractivity contribution < 1.29 is 9.90 Å². The van der Waals surface area contributed by atoms with Gasteiger partial charge in [0.25, 0.3) is 0 Å². The lowest BCUT2D eigenvalue weighted by atomic mass is 10.1. The Kier molecular flexibility index (Phi) is 5.86. The minimum atomic E-state index is -0.0613. The first-order valence-electron chi connectivity index (χ1n) is 8.80. The SMILES string of the molecule is Cc1ccccc1CCNC(=O)Cn1c(NCCO)nc2ccccc21. The highest BCUT2D eigenvalue weighted by Crippen LogP contribution is 2.19. The number of fused-ring (bicyclic) bond motifs is 1. The number of hydrogen-bond donors (Lipinski definition) is 3. The Morgan fingerprint density at radius 2 is 1.88 bits per heavy atom. The van der Waals surface area contributed by atoms with Crippen molar-refractivity contribution in [2.75, 3.05) is 25.0 Å². The number of aliphatic hydroxyl groups is 1. The fourth-order valence-electron chi connectivity index (χ4n) is 2.96. The van der Waals surface area contributed by atoms with Crippen molar-refractivity contribution in [3.05, 3.63) is 59.7 Å². The van der Waals surface area contributed by atoms with Crippen LogP contribution in [0.15, 0.2) is 48.5 Å². The van der Waals surface area contributed by atoms with Crippen LogP contribution in [0.5, 0.6) is 0 Å². The van der Waals surface area contributed by atoms with Crippen LogP contribution in [-0.2, 0) is 17.8 Å². The molecule has 6 nitrogen and oxygen atoms in total. The summed E-state index contributed by atoms with van der Waals surface area (Å²) in [5, 5.41) is 15.1. The summed E-state index contributed by atoms with van der Waals surface area (Å²) in [4.78, 5) is 16.9. The number of para-hydroxylation sites is 2. The summed E-state index contributed by atoms with van der Waals surface area (Å²) in [5.74, 6) is 0.531. The number of nitrogens with one attached hydrogen (secondary N) is 2. The zero-order chi connectivity index (χ0) is 18.4. The maximum absolute atomic E-state index is 12.4. The quantitative estimate of drug-likeness (QED) is 0.580. The Labute approximate surface area is 152 Å². The van der Waals surface area contributed by atoms with Gasteiger partial charge >= 0.3 is 0 Å². The number of anilines is 1. The fraction of sp³-hybridized carbons (Fsp3) is 0.300. The first-order valence-corrected chi connectivity index (χ1v) is 8.80. The van der Waals surface area contributed by atoms with E-state index in [0.717, 1.165) is 17.5 Å². The monoisotopic (exact) mass is 352 g/mol. The molecule has 0 saturated heterocycles. The van der Waals surface area contributed by atoms with Crippen molar-refractivity contribution in [1.82, 2.24) is 14.9 Å². The van der Waals surface area contributed by atoms with Crippen LogP contribution in [0.1, 0.15) is 11.1 Å². The molecule has 0 unspecified atom stereocenters. The van der Waals surface area contributed by atoms with Crippen molar-refractivity contribution in [3.63, 3.8) is 0 Å². The second-order valence-electron chi connectivity index (χ2n) is 6.19. The molecular weight excluding hydrogens is 328 g/mol. The maximum atomic E-state index is 12.4. The predicted octanol–water partition coefficient (Wildman–Crippen LogP) is 2.11. The average Bonchev–Trinajstić information content (AvgIpc) is 2.99. The number of aryl methyl sites for hydroxylation is 1. The minimum Gasteiger partial charge on any atom is -0.395 e. The normalized spacial score (nSPS) is 10.8. The summed E-state index contributed by atoms with van der Waals surface area (Å²) in [7, 11) is 0. The second kappa shape index (κ2) is 8.49. The zero-order valence-corrected chi connectivity index (χ0v) is 14.9. The summed E-state index contributed by atoms with van der Waals surface area (Å²) in [6.07, 6.45) is 0.804. The molecule has 26 heavy (non-hydrogen) atoms. The highest BCUT2D eigenvalue weighted by molar-refractivity contribution is 5.83. The molecule has 0 bridgehead atoms. The Morgan fingerprint density at radius 1 is 1.12 bits per heavy atom. The van der Waals surface area contributed by atoms with Crippen molar-refractivity contribution in [2.45, 2.75) is 19.9 Å². The van der Waals surface area contributed by atoms with Gasteiger partial charge < -0.3 is 20.3 Å². The van der Waals surface area contributed by atoms with Crippen LogP contribution in [0.3, 0.4) is 0 Å². The van der Waals surface area contributed by atoms with Crippen molar-refractivity contribution >= 4 is 22.9 Å². The third-order valence-electron chi connectivity index (χ3n) is 4.33. The molecule has 3 rings (SSSR count). The smallest absolute Gasteiger partial charge is 0.240 e. The van der Waals surface area contributed by atoms with E-state index in [2.05, 4.69) is 34.7 Å². The Morgan fingerprint density at radius 3 is 2.69 bits per heavy atom. The van der Waals surface area contributed by atoms with E-state index in [0.29, 0.717) is 19.0 Å². The summed E-state index contributed by atoms with van der Waals surface area (Å²) in [6.45, 7) is 3.25. The number of carbonyl (C=O) groups excluding carboxylic acids is 1. The van der Waals surface area contributed by atoms with E-state index in [-0.39, 0.29) is 19.1 Å². The summed E-state index contributed by atoms with van der Waals surface area (Å²) < 4.78 is 1.84. The number of hydrogen-bond acceptors (Lipinski definition) is 4. The molecule has 0 atom stereocenters. The van der Waals surface area contributed by atoms with Crippen LogP contribution in [0.4, 0.5) is 5.95 Å². The molecule has 0 aliphatic heterocycles. The van der Waals surface area contributed by atoms with E-state index in [4.69, 9.17) is 5.11 Å². The third-order valence-corrected chi connectivity index (χ3v) is 4.33. The van der Waals surface area contributed by atoms with Crippen molar-refractivity contribution in [2.24, 2.45) is 0 Å². The summed E-state index contributed by atoms with van der Waals surface area (Å²) >= 11 is 0. The first-order chi connectivity index (χ1) is 12.7. The number of amides is 1. The number of nitrogens with zero attached hydrogens (tertiary/aromatic N) is 2. The Hall–Kier alpha value is -2.86. The molecule has 3 N–H and O–H groups in total. The van der Waals surface area contributed by atoms with Crippen LogP contribution >= 0.6 is 0 Å². The van der Waals surface area contributed by atoms with Crippen LogP contribution in [-0.4, -0.2) is 40.3 Å². The fourth-order valence-corrected chi connectivity index (χ4v) is 2.96. The topological polar surface area (TPSA) is 79.2 Å². The molecule has 6 heteroatoms. The van der Waals surface area contributed by atoms with Gasteiger partial charge in [-0.05, 0) is 36.6 Å². The molecule has 1 aromatic heterocycles. The van der Waals surface area contributed by atoms with E-state index < -0.39 is 0 Å². The number of imidazole rings is 1. The Balaban J connectivity index is 1.65.